The zero-order chi connectivity index (χ0) is 32.9. The first-order valence-corrected chi connectivity index (χ1v) is 14.7. The van der Waals surface area contributed by atoms with Crippen LogP contribution in [0.5, 0.6) is 5.88 Å². The molecule has 0 saturated heterocycles. The fraction of sp³-hybridized carbons (Fsp3) is 0.324. The Morgan fingerprint density at radius 3 is 2.54 bits per heavy atom. The molecule has 0 spiro atoms. The molecule has 0 radical (unpaired) electrons. The average molecular weight is 627 g/mol. The molecule has 9 nitrogen and oxygen atoms in total. The van der Waals surface area contributed by atoms with Gasteiger partial charge >= 0.3 is 6.18 Å². The van der Waals surface area contributed by atoms with Gasteiger partial charge in [0.2, 0.25) is 5.88 Å². The highest BCUT2D eigenvalue weighted by molar-refractivity contribution is 5.99. The van der Waals surface area contributed by atoms with Crippen LogP contribution in [0, 0.1) is 29.1 Å². The van der Waals surface area contributed by atoms with Gasteiger partial charge in [0, 0.05) is 41.6 Å². The molecule has 46 heavy (non-hydrogen) atoms. The molecule has 4 aromatic rings. The zero-order valence-electron chi connectivity index (χ0n) is 25.8. The van der Waals surface area contributed by atoms with Crippen molar-refractivity contribution in [3.05, 3.63) is 77.4 Å². The molecular formula is C34H33F3N8O. The van der Waals surface area contributed by atoms with Crippen LogP contribution in [0.1, 0.15) is 56.3 Å². The van der Waals surface area contributed by atoms with E-state index in [4.69, 9.17) is 11.2 Å². The van der Waals surface area contributed by atoms with Crippen molar-refractivity contribution in [3.63, 3.8) is 0 Å². The molecule has 1 aliphatic heterocycles. The molecule has 0 amide bonds. The summed E-state index contributed by atoms with van der Waals surface area (Å²) in [6.45, 7) is 6.89. The maximum atomic E-state index is 14.1. The summed E-state index contributed by atoms with van der Waals surface area (Å²) in [5.41, 5.74) is 7.40. The van der Waals surface area contributed by atoms with Crippen LogP contribution in [0.2, 0.25) is 0 Å². The molecule has 0 bridgehead atoms. The summed E-state index contributed by atoms with van der Waals surface area (Å²) in [7, 11) is 1.53. The van der Waals surface area contributed by atoms with Gasteiger partial charge in [-0.15, -0.1) is 12.0 Å². The molecule has 1 atom stereocenters. The number of benzene rings is 2. The number of hydrazine groups is 2. The molecular weight excluding hydrogens is 593 g/mol. The Labute approximate surface area is 264 Å². The number of hydrogen-bond donors (Lipinski definition) is 4. The fourth-order valence-corrected chi connectivity index (χ4v) is 5.72. The summed E-state index contributed by atoms with van der Waals surface area (Å²) in [5, 5.41) is 20.4. The summed E-state index contributed by atoms with van der Waals surface area (Å²) in [4.78, 5) is 8.83. The third kappa shape index (κ3) is 5.46. The number of nitrogens with one attached hydrogen (secondary N) is 4. The predicted molar refractivity (Wildman–Crippen MR) is 171 cm³/mol. The topological polar surface area (TPSA) is 110 Å². The fourth-order valence-electron chi connectivity index (χ4n) is 5.72. The smallest absolute Gasteiger partial charge is 0.413 e. The van der Waals surface area contributed by atoms with Crippen LogP contribution in [0.15, 0.2) is 60.7 Å². The summed E-state index contributed by atoms with van der Waals surface area (Å²) >= 11 is 0. The van der Waals surface area contributed by atoms with Gasteiger partial charge in [-0.3, -0.25) is 9.99 Å². The molecule has 1 saturated carbocycles. The summed E-state index contributed by atoms with van der Waals surface area (Å²) in [6, 6.07) is 12.5. The molecule has 3 heterocycles. The normalized spacial score (nSPS) is 16.3. The number of aromatic nitrogens is 2. The number of rotatable bonds is 8. The van der Waals surface area contributed by atoms with Gasteiger partial charge in [-0.05, 0) is 53.5 Å². The molecule has 0 unspecified atom stereocenters. The second kappa shape index (κ2) is 11.3. The van der Waals surface area contributed by atoms with E-state index in [9.17, 15) is 18.4 Å². The first-order valence-electron chi connectivity index (χ1n) is 14.7. The van der Waals surface area contributed by atoms with Gasteiger partial charge in [0.15, 0.2) is 5.54 Å². The number of hydrogen-bond acceptors (Lipinski definition) is 9. The summed E-state index contributed by atoms with van der Waals surface area (Å²) in [6.07, 6.45) is 6.04. The number of nitrogens with zero attached hydrogens (tertiary/aromatic N) is 4. The van der Waals surface area contributed by atoms with Crippen LogP contribution in [0.3, 0.4) is 0 Å². The number of methoxy groups -OCH3 is 1. The third-order valence-electron chi connectivity index (χ3n) is 8.27. The number of ether oxygens (including phenoxy) is 1. The van der Waals surface area contributed by atoms with Crippen LogP contribution < -0.4 is 26.3 Å². The van der Waals surface area contributed by atoms with Gasteiger partial charge in [0.1, 0.15) is 6.07 Å². The van der Waals surface area contributed by atoms with E-state index >= 15 is 0 Å². The van der Waals surface area contributed by atoms with E-state index in [1.807, 2.05) is 30.3 Å². The van der Waals surface area contributed by atoms with Crippen molar-refractivity contribution >= 4 is 33.1 Å². The van der Waals surface area contributed by atoms with Crippen LogP contribution in [0.25, 0.3) is 21.7 Å². The Morgan fingerprint density at radius 1 is 1.11 bits per heavy atom. The van der Waals surface area contributed by atoms with Gasteiger partial charge in [0.05, 0.1) is 41.2 Å². The SMILES string of the molecule is C#Cc1cnc2c(C#N)cc(N[C@H](C3=CN(C4(C(F)(F)F)CC4)NN3)c3cccc4c(OC)nccc34)cc2c1NCC(C)(C)C. The minimum atomic E-state index is -4.42. The molecule has 4 N–H and O–H groups in total. The van der Waals surface area contributed by atoms with Crippen molar-refractivity contribution in [3.8, 4) is 24.3 Å². The first kappa shape index (κ1) is 30.8. The summed E-state index contributed by atoms with van der Waals surface area (Å²) < 4.78 is 47.7. The van der Waals surface area contributed by atoms with Crippen LogP contribution >= 0.6 is 0 Å². The number of alkyl halides is 3. The first-order chi connectivity index (χ1) is 21.9. The summed E-state index contributed by atoms with van der Waals surface area (Å²) in [5.74, 6) is 3.11. The molecule has 2 aromatic heterocycles. The van der Waals surface area contributed by atoms with Crippen molar-refractivity contribution in [2.75, 3.05) is 24.3 Å². The maximum Gasteiger partial charge on any atom is 0.413 e. The molecule has 2 aliphatic rings. The van der Waals surface area contributed by atoms with Crippen molar-refractivity contribution in [2.45, 2.75) is 51.4 Å². The number of terminal acetylenes is 1. The Hall–Kier alpha value is -5.20. The lowest BCUT2D eigenvalue weighted by Gasteiger charge is -2.28. The Morgan fingerprint density at radius 2 is 1.89 bits per heavy atom. The standard InChI is InChI=1S/C34H33F3N8O/c1-6-20-17-40-29-21(16-38)14-22(15-26(29)28(20)41-19-32(2,3)4)42-30(24-8-7-9-25-23(24)10-13-39-31(25)46-5)27-18-45(44-43-27)33(11-12-33)34(35,36)37/h1,7-10,13-15,17-18,30,42-44H,11-12,19H2,2-5H3,(H,40,41)/t30-/m0/s1. The Balaban J connectivity index is 1.51. The number of fused-ring (bicyclic) bond motifs is 2. The highest BCUT2D eigenvalue weighted by Gasteiger charge is 2.67. The monoisotopic (exact) mass is 626 g/mol. The molecule has 1 aliphatic carbocycles. The lowest BCUT2D eigenvalue weighted by molar-refractivity contribution is -0.195. The van der Waals surface area contributed by atoms with Gasteiger partial charge in [0.25, 0.3) is 0 Å². The number of halogens is 3. The highest BCUT2D eigenvalue weighted by Crippen LogP contribution is 2.54. The zero-order valence-corrected chi connectivity index (χ0v) is 25.8. The van der Waals surface area contributed by atoms with Gasteiger partial charge in [-0.2, -0.15) is 18.4 Å². The van der Waals surface area contributed by atoms with E-state index in [2.05, 4.69) is 64.3 Å². The minimum Gasteiger partial charge on any atom is -0.481 e. The second-order valence-electron chi connectivity index (χ2n) is 12.7. The number of anilines is 2. The lowest BCUT2D eigenvalue weighted by atomic mass is 9.95. The van der Waals surface area contributed by atoms with E-state index in [0.29, 0.717) is 51.5 Å². The second-order valence-corrected chi connectivity index (χ2v) is 12.7. The van der Waals surface area contributed by atoms with E-state index in [-0.39, 0.29) is 18.3 Å². The van der Waals surface area contributed by atoms with Crippen molar-refractivity contribution in [1.29, 1.82) is 5.26 Å². The maximum absolute atomic E-state index is 14.1. The lowest BCUT2D eigenvalue weighted by Crippen LogP contribution is -2.52. The Bertz CT molecular complexity index is 1950. The van der Waals surface area contributed by atoms with Gasteiger partial charge < -0.3 is 20.8 Å². The average Bonchev–Trinajstić information content (AvgIpc) is 3.72. The minimum absolute atomic E-state index is 0.0186. The van der Waals surface area contributed by atoms with Crippen molar-refractivity contribution < 1.29 is 17.9 Å². The molecule has 236 valence electrons. The predicted octanol–water partition coefficient (Wildman–Crippen LogP) is 6.52. The molecule has 1 fully saturated rings. The van der Waals surface area contributed by atoms with Crippen molar-refractivity contribution in [2.24, 2.45) is 5.41 Å². The quantitative estimate of drug-likeness (QED) is 0.163. The largest absolute Gasteiger partial charge is 0.481 e. The van der Waals surface area contributed by atoms with E-state index in [1.54, 1.807) is 18.5 Å². The van der Waals surface area contributed by atoms with Crippen LogP contribution in [-0.4, -0.2) is 40.3 Å². The Kier molecular flexibility index (Phi) is 7.57. The third-order valence-corrected chi connectivity index (χ3v) is 8.27. The van der Waals surface area contributed by atoms with Crippen LogP contribution in [0.4, 0.5) is 24.5 Å². The molecule has 12 heteroatoms. The van der Waals surface area contributed by atoms with Gasteiger partial charge in [-0.1, -0.05) is 38.8 Å². The van der Waals surface area contributed by atoms with Gasteiger partial charge in [-0.25, -0.2) is 4.98 Å². The number of nitriles is 1. The highest BCUT2D eigenvalue weighted by atomic mass is 19.4. The van der Waals surface area contributed by atoms with E-state index < -0.39 is 17.8 Å². The van der Waals surface area contributed by atoms with Crippen molar-refractivity contribution in [1.82, 2.24) is 25.9 Å². The van der Waals surface area contributed by atoms with E-state index in [1.165, 1.54) is 13.3 Å². The molecule has 2 aromatic carbocycles. The molecule has 6 rings (SSSR count). The van der Waals surface area contributed by atoms with Crippen LogP contribution in [-0.2, 0) is 0 Å². The number of pyridine rings is 2. The van der Waals surface area contributed by atoms with E-state index in [0.717, 1.165) is 21.3 Å².